The molecule has 28 heavy (non-hydrogen) atoms. The minimum absolute atomic E-state index is 0.0512. The zero-order valence-corrected chi connectivity index (χ0v) is 16.8. The van der Waals surface area contributed by atoms with Crippen LogP contribution in [-0.4, -0.2) is 39.3 Å². The molecule has 0 fully saturated rings. The number of methoxy groups -OCH3 is 2. The summed E-state index contributed by atoms with van der Waals surface area (Å²) in [6.45, 7) is 7.81. The number of carbonyl (C=O) groups excluding carboxylic acids is 1. The lowest BCUT2D eigenvalue weighted by molar-refractivity contribution is -0.930. The summed E-state index contributed by atoms with van der Waals surface area (Å²) in [6.07, 6.45) is 5.19. The molecule has 0 spiro atoms. The van der Waals surface area contributed by atoms with Crippen LogP contribution in [0.5, 0.6) is 11.5 Å². The van der Waals surface area contributed by atoms with Crippen molar-refractivity contribution in [2.45, 2.75) is 31.8 Å². The first kappa shape index (κ1) is 20.0. The molecule has 0 radical (unpaired) electrons. The highest BCUT2D eigenvalue weighted by molar-refractivity contribution is 5.91. The Labute approximate surface area is 166 Å². The summed E-state index contributed by atoms with van der Waals surface area (Å²) in [7, 11) is 3.30. The number of nitrogens with one attached hydrogen (secondary N) is 2. The van der Waals surface area contributed by atoms with Crippen LogP contribution in [0, 0.1) is 0 Å². The molecule has 1 unspecified atom stereocenters. The average molecular weight is 385 g/mol. The number of amides is 1. The number of fused-ring (bicyclic) bond motifs is 1. The first-order valence-electron chi connectivity index (χ1n) is 9.67. The second-order valence-electron chi connectivity index (χ2n) is 7.00. The number of quaternary nitrogens is 1. The largest absolute Gasteiger partial charge is 0.493 e. The molecule has 1 aromatic carbocycles. The molecule has 0 saturated carbocycles. The minimum Gasteiger partial charge on any atom is -0.493 e. The number of ether oxygens (including phenoxy) is 2. The van der Waals surface area contributed by atoms with Crippen LogP contribution in [0.25, 0.3) is 0 Å². The average Bonchev–Trinajstić information content (AvgIpc) is 3.26. The Morgan fingerprint density at radius 2 is 2.14 bits per heavy atom. The first-order valence-corrected chi connectivity index (χ1v) is 9.67. The summed E-state index contributed by atoms with van der Waals surface area (Å²) >= 11 is 0. The molecular formula is C22H29N2O4+. The van der Waals surface area contributed by atoms with Crippen molar-refractivity contribution < 1.29 is 23.6 Å². The van der Waals surface area contributed by atoms with E-state index in [1.807, 2.05) is 6.08 Å². The number of hydrogen-bond acceptors (Lipinski definition) is 4. The molecule has 6 nitrogen and oxygen atoms in total. The number of rotatable bonds is 8. The topological polar surface area (TPSA) is 65.1 Å². The molecule has 0 aliphatic carbocycles. The van der Waals surface area contributed by atoms with E-state index in [2.05, 4.69) is 31.0 Å². The van der Waals surface area contributed by atoms with Gasteiger partial charge in [-0.05, 0) is 42.3 Å². The fraction of sp³-hybridized carbons (Fsp3) is 0.409. The van der Waals surface area contributed by atoms with Crippen molar-refractivity contribution in [1.29, 1.82) is 0 Å². The standard InChI is InChI=1S/C22H28N2O4/c1-5-10-24-11-9-15-13-19(26-3)20(27-4)14-16(15)21(24)17(6-2)23-22(25)18-8-7-12-28-18/h5,7-8,12-14,17,21H,1,6,9-11H2,2-4H3,(H,23,25)/p+1/t17-,21+/m0/s1. The van der Waals surface area contributed by atoms with Crippen LogP contribution >= 0.6 is 0 Å². The fourth-order valence-electron chi connectivity index (χ4n) is 4.10. The van der Waals surface area contributed by atoms with Gasteiger partial charge >= 0.3 is 0 Å². The van der Waals surface area contributed by atoms with Gasteiger partial charge in [0.05, 0.1) is 39.6 Å². The van der Waals surface area contributed by atoms with E-state index in [-0.39, 0.29) is 18.0 Å². The van der Waals surface area contributed by atoms with Gasteiger partial charge < -0.3 is 24.1 Å². The number of benzene rings is 1. The van der Waals surface area contributed by atoms with Gasteiger partial charge in [0.25, 0.3) is 5.91 Å². The third-order valence-corrected chi connectivity index (χ3v) is 5.45. The van der Waals surface area contributed by atoms with Gasteiger partial charge in [-0.15, -0.1) is 0 Å². The van der Waals surface area contributed by atoms with E-state index in [0.717, 1.165) is 31.7 Å². The van der Waals surface area contributed by atoms with Crippen LogP contribution in [0.3, 0.4) is 0 Å². The van der Waals surface area contributed by atoms with Crippen LogP contribution < -0.4 is 19.7 Å². The smallest absolute Gasteiger partial charge is 0.287 e. The summed E-state index contributed by atoms with van der Waals surface area (Å²) in [5, 5.41) is 3.17. The van der Waals surface area contributed by atoms with Crippen LogP contribution in [0.4, 0.5) is 0 Å². The van der Waals surface area contributed by atoms with E-state index in [1.54, 1.807) is 26.4 Å². The quantitative estimate of drug-likeness (QED) is 0.684. The monoisotopic (exact) mass is 385 g/mol. The van der Waals surface area contributed by atoms with Gasteiger partial charge in [0.15, 0.2) is 17.3 Å². The molecule has 3 rings (SSSR count). The van der Waals surface area contributed by atoms with Crippen molar-refractivity contribution in [2.24, 2.45) is 0 Å². The van der Waals surface area contributed by atoms with Crippen molar-refractivity contribution in [2.75, 3.05) is 27.3 Å². The molecule has 2 N–H and O–H groups in total. The Morgan fingerprint density at radius 1 is 1.39 bits per heavy atom. The summed E-state index contributed by atoms with van der Waals surface area (Å²) < 4.78 is 16.3. The predicted molar refractivity (Wildman–Crippen MR) is 107 cm³/mol. The maximum atomic E-state index is 12.6. The summed E-state index contributed by atoms with van der Waals surface area (Å²) in [5.74, 6) is 1.58. The zero-order valence-electron chi connectivity index (χ0n) is 16.8. The lowest BCUT2D eigenvalue weighted by Gasteiger charge is -2.38. The van der Waals surface area contributed by atoms with Gasteiger partial charge in [-0.25, -0.2) is 0 Å². The van der Waals surface area contributed by atoms with E-state index in [0.29, 0.717) is 11.5 Å². The lowest BCUT2D eigenvalue weighted by atomic mass is 9.86. The van der Waals surface area contributed by atoms with Gasteiger partial charge in [-0.2, -0.15) is 0 Å². The minimum atomic E-state index is -0.192. The predicted octanol–water partition coefficient (Wildman–Crippen LogP) is 2.17. The third kappa shape index (κ3) is 3.92. The second-order valence-corrected chi connectivity index (χ2v) is 7.00. The van der Waals surface area contributed by atoms with Gasteiger partial charge in [-0.3, -0.25) is 4.79 Å². The van der Waals surface area contributed by atoms with Crippen molar-refractivity contribution >= 4 is 5.91 Å². The zero-order chi connectivity index (χ0) is 20.1. The van der Waals surface area contributed by atoms with E-state index in [4.69, 9.17) is 13.9 Å². The fourth-order valence-corrected chi connectivity index (χ4v) is 4.10. The van der Waals surface area contributed by atoms with Gasteiger partial charge in [0.1, 0.15) is 6.04 Å². The van der Waals surface area contributed by atoms with E-state index in [9.17, 15) is 4.79 Å². The summed E-state index contributed by atoms with van der Waals surface area (Å²) in [4.78, 5) is 14.0. The molecule has 1 amide bonds. The van der Waals surface area contributed by atoms with Gasteiger partial charge in [-0.1, -0.05) is 13.5 Å². The van der Waals surface area contributed by atoms with E-state index >= 15 is 0 Å². The van der Waals surface area contributed by atoms with Crippen LogP contribution in [0.1, 0.15) is 41.1 Å². The number of furan rings is 1. The summed E-state index contributed by atoms with van der Waals surface area (Å²) in [5.41, 5.74) is 2.42. The van der Waals surface area contributed by atoms with Crippen molar-refractivity contribution in [3.8, 4) is 11.5 Å². The molecule has 1 aliphatic rings. The molecular weight excluding hydrogens is 356 g/mol. The molecule has 0 bridgehead atoms. The molecule has 1 aromatic heterocycles. The van der Waals surface area contributed by atoms with Gasteiger partial charge in [0.2, 0.25) is 0 Å². The molecule has 0 saturated heterocycles. The highest BCUT2D eigenvalue weighted by Gasteiger charge is 2.38. The van der Waals surface area contributed by atoms with Crippen molar-refractivity contribution in [1.82, 2.24) is 5.32 Å². The maximum Gasteiger partial charge on any atom is 0.287 e. The Balaban J connectivity index is 1.99. The van der Waals surface area contributed by atoms with Crippen LogP contribution in [0.15, 0.2) is 47.6 Å². The van der Waals surface area contributed by atoms with Gasteiger partial charge in [0, 0.05) is 12.0 Å². The first-order chi connectivity index (χ1) is 13.6. The van der Waals surface area contributed by atoms with Crippen molar-refractivity contribution in [3.05, 3.63) is 60.1 Å². The molecule has 2 aromatic rings. The van der Waals surface area contributed by atoms with E-state index in [1.165, 1.54) is 22.3 Å². The molecule has 150 valence electrons. The van der Waals surface area contributed by atoms with Crippen LogP contribution in [-0.2, 0) is 6.42 Å². The molecule has 1 aliphatic heterocycles. The van der Waals surface area contributed by atoms with E-state index < -0.39 is 0 Å². The lowest BCUT2D eigenvalue weighted by Crippen LogP contribution is -3.14. The molecule has 3 atom stereocenters. The highest BCUT2D eigenvalue weighted by Crippen LogP contribution is 2.35. The van der Waals surface area contributed by atoms with Crippen LogP contribution in [0.2, 0.25) is 0 Å². The second kappa shape index (κ2) is 8.97. The molecule has 6 heteroatoms. The normalized spacial score (nSPS) is 19.4. The highest BCUT2D eigenvalue weighted by atomic mass is 16.5. The number of hydrogen-bond donors (Lipinski definition) is 2. The Hall–Kier alpha value is -2.73. The van der Waals surface area contributed by atoms with Crippen molar-refractivity contribution in [3.63, 3.8) is 0 Å². The maximum absolute atomic E-state index is 12.6. The Morgan fingerprint density at radius 3 is 2.75 bits per heavy atom. The Bertz CT molecular complexity index is 816. The SMILES string of the molecule is C=CC[NH+]1CCc2cc(OC)c(OC)cc2[C@@H]1[C@H](CC)NC(=O)c1ccco1. The molecule has 2 heterocycles. The number of carbonyl (C=O) groups is 1. The third-order valence-electron chi connectivity index (χ3n) is 5.45. The Kier molecular flexibility index (Phi) is 6.41. The summed E-state index contributed by atoms with van der Waals surface area (Å²) in [6, 6.07) is 7.56.